The number of hydrogen-bond acceptors (Lipinski definition) is 4. The number of hydrogen-bond donors (Lipinski definition) is 0. The van der Waals surface area contributed by atoms with Crippen molar-refractivity contribution in [2.45, 2.75) is 0 Å². The van der Waals surface area contributed by atoms with E-state index in [-0.39, 0.29) is 0 Å². The molecule has 0 aliphatic heterocycles. The Balaban J connectivity index is 1.74. The summed E-state index contributed by atoms with van der Waals surface area (Å²) in [6, 6.07) is 18.6. The van der Waals surface area contributed by atoms with Gasteiger partial charge in [-0.3, -0.25) is 0 Å². The van der Waals surface area contributed by atoms with E-state index in [1.54, 1.807) is 36.0 Å². The molecule has 6 heteroatoms. The zero-order valence-corrected chi connectivity index (χ0v) is 14.1. The second-order valence-corrected chi connectivity index (χ2v) is 5.81. The molecule has 0 radical (unpaired) electrons. The van der Waals surface area contributed by atoms with Crippen molar-refractivity contribution < 1.29 is 9.47 Å². The Hall–Kier alpha value is -3.05. The van der Waals surface area contributed by atoms with Crippen LogP contribution in [-0.4, -0.2) is 21.7 Å². The topological polar surface area (TPSA) is 48.7 Å². The molecule has 0 bridgehead atoms. The third-order valence-corrected chi connectivity index (χ3v) is 3.96. The number of methoxy groups -OCH3 is 1. The van der Waals surface area contributed by atoms with Gasteiger partial charge in [0, 0.05) is 16.7 Å². The maximum absolute atomic E-state index is 6.00. The molecule has 0 saturated carbocycles. The summed E-state index contributed by atoms with van der Waals surface area (Å²) in [6.45, 7) is 0. The van der Waals surface area contributed by atoms with E-state index in [4.69, 9.17) is 21.1 Å². The minimum absolute atomic E-state index is 0.455. The summed E-state index contributed by atoms with van der Waals surface area (Å²) in [5.74, 6) is 1.86. The molecule has 124 valence electrons. The van der Waals surface area contributed by atoms with Crippen molar-refractivity contribution in [2.24, 2.45) is 0 Å². The van der Waals surface area contributed by atoms with Gasteiger partial charge < -0.3 is 9.47 Å². The summed E-state index contributed by atoms with van der Waals surface area (Å²) in [7, 11) is 1.64. The zero-order valence-electron chi connectivity index (χ0n) is 13.4. The normalized spacial score (nSPS) is 10.8. The van der Waals surface area contributed by atoms with Gasteiger partial charge in [0.05, 0.1) is 19.0 Å². The van der Waals surface area contributed by atoms with Gasteiger partial charge in [-0.25, -0.2) is 9.50 Å². The Morgan fingerprint density at radius 3 is 2.64 bits per heavy atom. The van der Waals surface area contributed by atoms with Crippen LogP contribution >= 0.6 is 11.6 Å². The van der Waals surface area contributed by atoms with Gasteiger partial charge in [-0.2, -0.15) is 0 Å². The van der Waals surface area contributed by atoms with Crippen molar-refractivity contribution in [3.63, 3.8) is 0 Å². The van der Waals surface area contributed by atoms with E-state index in [0.29, 0.717) is 16.7 Å². The zero-order chi connectivity index (χ0) is 17.2. The number of imidazole rings is 1. The van der Waals surface area contributed by atoms with Crippen LogP contribution in [0.2, 0.25) is 5.02 Å². The Morgan fingerprint density at radius 1 is 0.960 bits per heavy atom. The molecular formula is C19H14ClN3O2. The van der Waals surface area contributed by atoms with E-state index in [1.165, 1.54) is 0 Å². The lowest BCUT2D eigenvalue weighted by molar-refractivity contribution is 0.415. The van der Waals surface area contributed by atoms with Crippen molar-refractivity contribution >= 4 is 17.2 Å². The van der Waals surface area contributed by atoms with Crippen LogP contribution in [0.3, 0.4) is 0 Å². The molecule has 0 fully saturated rings. The molecule has 0 unspecified atom stereocenters. The van der Waals surface area contributed by atoms with Gasteiger partial charge in [0.25, 0.3) is 0 Å². The van der Waals surface area contributed by atoms with Crippen molar-refractivity contribution in [2.75, 3.05) is 7.11 Å². The van der Waals surface area contributed by atoms with Crippen molar-refractivity contribution in [1.82, 2.24) is 14.6 Å². The van der Waals surface area contributed by atoms with Crippen LogP contribution in [0.4, 0.5) is 0 Å². The standard InChI is InChI=1S/C19H14ClN3O2/c1-24-15-6-2-4-13(10-15)17-12-21-18-8-9-19(22-23(17)18)25-16-7-3-5-14(20)11-16/h2-12H,1H3. The quantitative estimate of drug-likeness (QED) is 0.527. The van der Waals surface area contributed by atoms with E-state index in [2.05, 4.69) is 10.1 Å². The summed E-state index contributed by atoms with van der Waals surface area (Å²) in [4.78, 5) is 4.40. The average molecular weight is 352 g/mol. The van der Waals surface area contributed by atoms with Crippen LogP contribution in [0.1, 0.15) is 0 Å². The lowest BCUT2D eigenvalue weighted by atomic mass is 10.1. The molecule has 0 aliphatic rings. The first-order chi connectivity index (χ1) is 12.2. The molecule has 2 heterocycles. The van der Waals surface area contributed by atoms with E-state index in [1.807, 2.05) is 42.5 Å². The van der Waals surface area contributed by atoms with Crippen LogP contribution in [-0.2, 0) is 0 Å². The highest BCUT2D eigenvalue weighted by molar-refractivity contribution is 6.30. The summed E-state index contributed by atoms with van der Waals surface area (Å²) in [6.07, 6.45) is 1.78. The predicted molar refractivity (Wildman–Crippen MR) is 96.5 cm³/mol. The molecule has 0 amide bonds. The third kappa shape index (κ3) is 3.14. The number of rotatable bonds is 4. The second kappa shape index (κ2) is 6.45. The smallest absolute Gasteiger partial charge is 0.237 e. The van der Waals surface area contributed by atoms with Crippen molar-refractivity contribution in [1.29, 1.82) is 0 Å². The maximum Gasteiger partial charge on any atom is 0.237 e. The lowest BCUT2D eigenvalue weighted by Gasteiger charge is -2.07. The maximum atomic E-state index is 6.00. The van der Waals surface area contributed by atoms with Gasteiger partial charge >= 0.3 is 0 Å². The number of aromatic nitrogens is 3. The molecule has 2 aromatic carbocycles. The lowest BCUT2D eigenvalue weighted by Crippen LogP contribution is -1.97. The molecule has 0 atom stereocenters. The first kappa shape index (κ1) is 15.5. The monoisotopic (exact) mass is 351 g/mol. The van der Waals surface area contributed by atoms with Gasteiger partial charge in [0.15, 0.2) is 5.65 Å². The number of benzene rings is 2. The molecule has 0 saturated heterocycles. The summed E-state index contributed by atoms with van der Waals surface area (Å²) >= 11 is 6.00. The Labute approximate surface area is 149 Å². The Kier molecular flexibility index (Phi) is 3.99. The Bertz CT molecular complexity index is 1050. The van der Waals surface area contributed by atoms with Crippen molar-refractivity contribution in [3.8, 4) is 28.6 Å². The van der Waals surface area contributed by atoms with Gasteiger partial charge in [-0.15, -0.1) is 5.10 Å². The first-order valence-corrected chi connectivity index (χ1v) is 8.03. The molecule has 25 heavy (non-hydrogen) atoms. The highest BCUT2D eigenvalue weighted by Gasteiger charge is 2.10. The minimum atomic E-state index is 0.455. The second-order valence-electron chi connectivity index (χ2n) is 5.38. The van der Waals surface area contributed by atoms with Crippen LogP contribution in [0.5, 0.6) is 17.4 Å². The molecule has 5 nitrogen and oxygen atoms in total. The highest BCUT2D eigenvalue weighted by Crippen LogP contribution is 2.26. The highest BCUT2D eigenvalue weighted by atomic mass is 35.5. The largest absolute Gasteiger partial charge is 0.497 e. The van der Waals surface area contributed by atoms with Crippen LogP contribution < -0.4 is 9.47 Å². The van der Waals surface area contributed by atoms with Crippen molar-refractivity contribution in [3.05, 3.63) is 71.9 Å². The van der Waals surface area contributed by atoms with Crippen LogP contribution in [0.15, 0.2) is 66.9 Å². The molecular weight excluding hydrogens is 338 g/mol. The van der Waals surface area contributed by atoms with E-state index >= 15 is 0 Å². The third-order valence-electron chi connectivity index (χ3n) is 3.72. The number of halogens is 1. The molecule has 0 aliphatic carbocycles. The number of ether oxygens (including phenoxy) is 2. The fraction of sp³-hybridized carbons (Fsp3) is 0.0526. The first-order valence-electron chi connectivity index (χ1n) is 7.65. The fourth-order valence-corrected chi connectivity index (χ4v) is 2.72. The minimum Gasteiger partial charge on any atom is -0.497 e. The fourth-order valence-electron chi connectivity index (χ4n) is 2.54. The Morgan fingerprint density at radius 2 is 1.80 bits per heavy atom. The number of fused-ring (bicyclic) bond motifs is 1. The molecule has 2 aromatic heterocycles. The number of nitrogens with zero attached hydrogens (tertiary/aromatic N) is 3. The van der Waals surface area contributed by atoms with Gasteiger partial charge in [-0.1, -0.05) is 29.8 Å². The SMILES string of the molecule is COc1cccc(-c2cnc3ccc(Oc4cccc(Cl)c4)nn23)c1. The van der Waals surface area contributed by atoms with Gasteiger partial charge in [0.1, 0.15) is 11.5 Å². The molecule has 4 rings (SSSR count). The van der Waals surface area contributed by atoms with Crippen LogP contribution in [0.25, 0.3) is 16.9 Å². The summed E-state index contributed by atoms with van der Waals surface area (Å²) < 4.78 is 12.8. The molecule has 0 spiro atoms. The summed E-state index contributed by atoms with van der Waals surface area (Å²) in [5.41, 5.74) is 2.54. The molecule has 0 N–H and O–H groups in total. The predicted octanol–water partition coefficient (Wildman–Crippen LogP) is 4.85. The van der Waals surface area contributed by atoms with Crippen LogP contribution in [0, 0.1) is 0 Å². The van der Waals surface area contributed by atoms with Gasteiger partial charge in [0.2, 0.25) is 5.88 Å². The molecule has 4 aromatic rings. The van der Waals surface area contributed by atoms with Gasteiger partial charge in [-0.05, 0) is 36.4 Å². The van der Waals surface area contributed by atoms with E-state index in [9.17, 15) is 0 Å². The van der Waals surface area contributed by atoms with E-state index in [0.717, 1.165) is 22.7 Å². The van der Waals surface area contributed by atoms with E-state index < -0.39 is 0 Å². The average Bonchev–Trinajstić information content (AvgIpc) is 3.05. The summed E-state index contributed by atoms with van der Waals surface area (Å²) in [5, 5.41) is 5.15.